The lowest BCUT2D eigenvalue weighted by atomic mass is 9.88. The summed E-state index contributed by atoms with van der Waals surface area (Å²) in [6.07, 6.45) is 0. The molecule has 1 aliphatic heterocycles. The van der Waals surface area contributed by atoms with Crippen molar-refractivity contribution in [2.24, 2.45) is 0 Å². The Bertz CT molecular complexity index is 1380. The SMILES string of the molecule is CN(Cc1nc2ccccc2s1)C(=O)CN1C(=O)NC(C)(c2cccc3ccccc23)C1=O. The predicted octanol–water partition coefficient (Wildman–Crippen LogP) is 3.88. The number of aromatic nitrogens is 1. The highest BCUT2D eigenvalue weighted by Crippen LogP contribution is 2.34. The van der Waals surface area contributed by atoms with E-state index >= 15 is 0 Å². The molecule has 1 aliphatic rings. The van der Waals surface area contributed by atoms with Crippen LogP contribution in [0.4, 0.5) is 4.79 Å². The Morgan fingerprint density at radius 1 is 1.06 bits per heavy atom. The van der Waals surface area contributed by atoms with Gasteiger partial charge < -0.3 is 10.2 Å². The van der Waals surface area contributed by atoms with Crippen molar-refractivity contribution in [2.45, 2.75) is 19.0 Å². The van der Waals surface area contributed by atoms with Crippen molar-refractivity contribution in [3.8, 4) is 0 Å². The van der Waals surface area contributed by atoms with Crippen LogP contribution in [0.25, 0.3) is 21.0 Å². The molecule has 2 heterocycles. The van der Waals surface area contributed by atoms with Gasteiger partial charge in [-0.05, 0) is 35.4 Å². The summed E-state index contributed by atoms with van der Waals surface area (Å²) in [5, 5.41) is 5.46. The van der Waals surface area contributed by atoms with E-state index in [0.717, 1.165) is 30.9 Å². The molecule has 33 heavy (non-hydrogen) atoms. The normalized spacial score (nSPS) is 18.2. The zero-order chi connectivity index (χ0) is 23.2. The molecular weight excluding hydrogens is 436 g/mol. The smallest absolute Gasteiger partial charge is 0.325 e. The lowest BCUT2D eigenvalue weighted by Gasteiger charge is -2.24. The Kier molecular flexibility index (Phi) is 5.09. The second-order valence-electron chi connectivity index (χ2n) is 8.30. The molecule has 1 atom stereocenters. The second-order valence-corrected chi connectivity index (χ2v) is 9.41. The van der Waals surface area contributed by atoms with Crippen LogP contribution in [0.1, 0.15) is 17.5 Å². The van der Waals surface area contributed by atoms with Gasteiger partial charge in [-0.25, -0.2) is 9.78 Å². The molecule has 3 aromatic carbocycles. The van der Waals surface area contributed by atoms with Crippen molar-refractivity contribution in [1.29, 1.82) is 0 Å². The van der Waals surface area contributed by atoms with Crippen molar-refractivity contribution < 1.29 is 14.4 Å². The summed E-state index contributed by atoms with van der Waals surface area (Å²) in [5.41, 5.74) is 0.346. The maximum absolute atomic E-state index is 13.4. The van der Waals surface area contributed by atoms with E-state index in [0.29, 0.717) is 12.1 Å². The molecule has 4 aromatic rings. The molecule has 0 radical (unpaired) electrons. The van der Waals surface area contributed by atoms with E-state index in [1.165, 1.54) is 16.2 Å². The molecule has 5 rings (SSSR count). The van der Waals surface area contributed by atoms with Gasteiger partial charge in [0.1, 0.15) is 17.1 Å². The van der Waals surface area contributed by atoms with Crippen LogP contribution < -0.4 is 5.32 Å². The molecule has 0 bridgehead atoms. The third-order valence-corrected chi connectivity index (χ3v) is 7.05. The van der Waals surface area contributed by atoms with E-state index in [4.69, 9.17) is 0 Å². The van der Waals surface area contributed by atoms with Crippen LogP contribution in [0, 0.1) is 0 Å². The number of imide groups is 1. The van der Waals surface area contributed by atoms with Crippen LogP contribution in [0.5, 0.6) is 0 Å². The topological polar surface area (TPSA) is 82.6 Å². The van der Waals surface area contributed by atoms with Crippen LogP contribution in [0.2, 0.25) is 0 Å². The molecule has 8 heteroatoms. The number of rotatable bonds is 5. The highest BCUT2D eigenvalue weighted by atomic mass is 32.1. The average molecular weight is 459 g/mol. The Morgan fingerprint density at radius 3 is 2.61 bits per heavy atom. The number of urea groups is 1. The predicted molar refractivity (Wildman–Crippen MR) is 128 cm³/mol. The molecular formula is C25H22N4O3S. The van der Waals surface area contributed by atoms with Crippen molar-refractivity contribution in [2.75, 3.05) is 13.6 Å². The lowest BCUT2D eigenvalue weighted by Crippen LogP contribution is -2.43. The lowest BCUT2D eigenvalue weighted by molar-refractivity contribution is -0.138. The van der Waals surface area contributed by atoms with E-state index in [2.05, 4.69) is 10.3 Å². The standard InChI is InChI=1S/C25H22N4O3S/c1-25(18-11-7-9-16-8-3-4-10-17(16)18)23(31)29(24(32)27-25)15-22(30)28(2)14-21-26-19-12-5-6-13-20(19)33-21/h3-13H,14-15H2,1-2H3,(H,27,32). The highest BCUT2D eigenvalue weighted by Gasteiger charge is 2.50. The highest BCUT2D eigenvalue weighted by molar-refractivity contribution is 7.18. The van der Waals surface area contributed by atoms with Gasteiger partial charge in [-0.15, -0.1) is 11.3 Å². The largest absolute Gasteiger partial charge is 0.337 e. The van der Waals surface area contributed by atoms with Gasteiger partial charge in [0.05, 0.1) is 16.8 Å². The minimum absolute atomic E-state index is 0.308. The van der Waals surface area contributed by atoms with Crippen LogP contribution in [-0.2, 0) is 21.7 Å². The summed E-state index contributed by atoms with van der Waals surface area (Å²) < 4.78 is 1.05. The van der Waals surface area contributed by atoms with Gasteiger partial charge in [-0.1, -0.05) is 54.6 Å². The molecule has 166 valence electrons. The molecule has 1 fully saturated rings. The van der Waals surface area contributed by atoms with E-state index in [1.807, 2.05) is 66.7 Å². The minimum atomic E-state index is -1.25. The fourth-order valence-electron chi connectivity index (χ4n) is 4.22. The zero-order valence-corrected chi connectivity index (χ0v) is 19.1. The Balaban J connectivity index is 1.35. The first-order valence-electron chi connectivity index (χ1n) is 10.6. The molecule has 4 amide bonds. The van der Waals surface area contributed by atoms with Crippen LogP contribution in [0.15, 0.2) is 66.7 Å². The summed E-state index contributed by atoms with van der Waals surface area (Å²) in [6, 6.07) is 20.6. The number of nitrogens with one attached hydrogen (secondary N) is 1. The van der Waals surface area contributed by atoms with Crippen LogP contribution in [-0.4, -0.2) is 46.2 Å². The summed E-state index contributed by atoms with van der Waals surface area (Å²) in [6.45, 7) is 1.67. The third kappa shape index (κ3) is 3.62. The summed E-state index contributed by atoms with van der Waals surface area (Å²) in [5.74, 6) is -0.773. The van der Waals surface area contributed by atoms with E-state index in [1.54, 1.807) is 14.0 Å². The van der Waals surface area contributed by atoms with Gasteiger partial charge in [-0.3, -0.25) is 14.5 Å². The molecule has 0 spiro atoms. The quantitative estimate of drug-likeness (QED) is 0.460. The van der Waals surface area contributed by atoms with Crippen LogP contribution in [0.3, 0.4) is 0 Å². The Hall–Kier alpha value is -3.78. The molecule has 0 aliphatic carbocycles. The summed E-state index contributed by atoms with van der Waals surface area (Å²) in [4.78, 5) is 46.1. The summed E-state index contributed by atoms with van der Waals surface area (Å²) in [7, 11) is 1.65. The number of carbonyl (C=O) groups excluding carboxylic acids is 3. The Labute approximate surface area is 194 Å². The monoisotopic (exact) mass is 458 g/mol. The first kappa shape index (κ1) is 21.1. The van der Waals surface area contributed by atoms with Gasteiger partial charge in [-0.2, -0.15) is 0 Å². The number of hydrogen-bond donors (Lipinski definition) is 1. The molecule has 1 saturated heterocycles. The first-order chi connectivity index (χ1) is 15.9. The molecule has 1 unspecified atom stereocenters. The summed E-state index contributed by atoms with van der Waals surface area (Å²) >= 11 is 1.52. The molecule has 0 saturated carbocycles. The first-order valence-corrected chi connectivity index (χ1v) is 11.4. The molecule has 1 aromatic heterocycles. The Morgan fingerprint density at radius 2 is 1.79 bits per heavy atom. The number of amides is 4. The molecule has 1 N–H and O–H groups in total. The molecule has 7 nitrogen and oxygen atoms in total. The fourth-order valence-corrected chi connectivity index (χ4v) is 5.24. The third-order valence-electron chi connectivity index (χ3n) is 6.03. The van der Waals surface area contributed by atoms with Gasteiger partial charge >= 0.3 is 6.03 Å². The van der Waals surface area contributed by atoms with Gasteiger partial charge in [0.25, 0.3) is 5.91 Å². The van der Waals surface area contributed by atoms with Crippen molar-refractivity contribution >= 4 is 50.2 Å². The number of fused-ring (bicyclic) bond motifs is 2. The number of carbonyl (C=O) groups is 3. The van der Waals surface area contributed by atoms with E-state index in [-0.39, 0.29) is 12.5 Å². The number of para-hydroxylation sites is 1. The minimum Gasteiger partial charge on any atom is -0.337 e. The van der Waals surface area contributed by atoms with Crippen molar-refractivity contribution in [3.05, 3.63) is 77.3 Å². The van der Waals surface area contributed by atoms with Crippen LogP contribution >= 0.6 is 11.3 Å². The maximum atomic E-state index is 13.4. The van der Waals surface area contributed by atoms with Gasteiger partial charge in [0, 0.05) is 7.05 Å². The van der Waals surface area contributed by atoms with E-state index < -0.39 is 17.5 Å². The fraction of sp³-hybridized carbons (Fsp3) is 0.200. The number of nitrogens with zero attached hydrogens (tertiary/aromatic N) is 3. The number of likely N-dealkylation sites (N-methyl/N-ethyl adjacent to an activating group) is 1. The van der Waals surface area contributed by atoms with Crippen molar-refractivity contribution in [3.63, 3.8) is 0 Å². The maximum Gasteiger partial charge on any atom is 0.325 e. The average Bonchev–Trinajstić information content (AvgIpc) is 3.32. The second kappa shape index (κ2) is 7.97. The number of hydrogen-bond acceptors (Lipinski definition) is 5. The van der Waals surface area contributed by atoms with E-state index in [9.17, 15) is 14.4 Å². The van der Waals surface area contributed by atoms with Gasteiger partial charge in [0.2, 0.25) is 5.91 Å². The van der Waals surface area contributed by atoms with Gasteiger partial charge in [0.15, 0.2) is 0 Å². The number of thiazole rings is 1. The zero-order valence-electron chi connectivity index (χ0n) is 18.2. The number of benzene rings is 3. The van der Waals surface area contributed by atoms with Crippen molar-refractivity contribution in [1.82, 2.24) is 20.1 Å².